The van der Waals surface area contributed by atoms with Gasteiger partial charge in [-0.05, 0) is 12.5 Å². The fourth-order valence-electron chi connectivity index (χ4n) is 0.719. The number of carbonyl (C=O) groups excluding carboxylic acids is 1. The van der Waals surface area contributed by atoms with Crippen LogP contribution in [-0.4, -0.2) is 20.5 Å². The summed E-state index contributed by atoms with van der Waals surface area (Å²) in [5.74, 6) is 0. The van der Waals surface area contributed by atoms with E-state index in [-0.39, 0.29) is 0 Å². The van der Waals surface area contributed by atoms with Gasteiger partial charge < -0.3 is 4.74 Å². The van der Waals surface area contributed by atoms with Crippen molar-refractivity contribution in [2.75, 3.05) is 14.2 Å². The van der Waals surface area contributed by atoms with Gasteiger partial charge in [-0.25, -0.2) is 0 Å². The summed E-state index contributed by atoms with van der Waals surface area (Å²) in [6.07, 6.45) is 0.870. The summed E-state index contributed by atoms with van der Waals surface area (Å²) in [6.45, 7) is 5.92. The first-order chi connectivity index (χ1) is 6.76. The molecule has 0 spiro atoms. The molecule has 1 aromatic carbocycles. The fourth-order valence-corrected chi connectivity index (χ4v) is 0.719. The number of hydrogen-bond acceptors (Lipinski definition) is 2. The molecule has 1 aromatic rings. The van der Waals surface area contributed by atoms with E-state index in [0.717, 1.165) is 17.4 Å². The second-order valence-electron chi connectivity index (χ2n) is 2.38. The molecule has 0 amide bonds. The van der Waals surface area contributed by atoms with Crippen molar-refractivity contribution in [2.24, 2.45) is 0 Å². The van der Waals surface area contributed by atoms with Gasteiger partial charge in [0.15, 0.2) is 0 Å². The zero-order chi connectivity index (χ0) is 11.4. The molecule has 0 radical (unpaired) electrons. The topological polar surface area (TPSA) is 26.3 Å². The van der Waals surface area contributed by atoms with E-state index in [0.29, 0.717) is 0 Å². The molecule has 0 bridgehead atoms. The van der Waals surface area contributed by atoms with Crippen molar-refractivity contribution >= 4 is 6.29 Å². The lowest BCUT2D eigenvalue weighted by molar-refractivity contribution is 0.112. The standard InChI is InChI=1S/C8H8O.C2H6O.C2H6/c1-7-4-2-3-5-8(7)6-9;1-3-2;1-2/h2-6H,1H3;1-2H3;1-2H3. The first kappa shape index (κ1) is 15.3. The summed E-state index contributed by atoms with van der Waals surface area (Å²) in [6, 6.07) is 7.51. The highest BCUT2D eigenvalue weighted by atomic mass is 16.4. The van der Waals surface area contributed by atoms with Gasteiger partial charge in [-0.2, -0.15) is 0 Å². The van der Waals surface area contributed by atoms with Gasteiger partial charge in [-0.3, -0.25) is 4.79 Å². The van der Waals surface area contributed by atoms with Gasteiger partial charge in [0.25, 0.3) is 0 Å². The third kappa shape index (κ3) is 7.50. The molecule has 0 aliphatic rings. The molecule has 0 atom stereocenters. The molecule has 2 nitrogen and oxygen atoms in total. The largest absolute Gasteiger partial charge is 0.388 e. The average molecular weight is 196 g/mol. The number of carbonyl (C=O) groups is 1. The number of aldehydes is 1. The molecule has 0 saturated heterocycles. The van der Waals surface area contributed by atoms with E-state index in [2.05, 4.69) is 4.74 Å². The number of aryl methyl sites for hydroxylation is 1. The van der Waals surface area contributed by atoms with Crippen LogP contribution in [0.25, 0.3) is 0 Å². The van der Waals surface area contributed by atoms with Gasteiger partial charge in [0.1, 0.15) is 6.29 Å². The highest BCUT2D eigenvalue weighted by Gasteiger charge is 1.90. The Bertz CT molecular complexity index is 232. The Morgan fingerprint density at radius 2 is 1.57 bits per heavy atom. The van der Waals surface area contributed by atoms with E-state index in [9.17, 15) is 4.79 Å². The molecule has 1 rings (SSSR count). The SMILES string of the molecule is CC.COC.Cc1ccccc1C=O. The molecule has 0 heterocycles. The van der Waals surface area contributed by atoms with Crippen LogP contribution >= 0.6 is 0 Å². The Labute approximate surface area is 86.9 Å². The predicted octanol–water partition coefficient (Wildman–Crippen LogP) is 3.10. The van der Waals surface area contributed by atoms with Crippen LogP contribution in [0.3, 0.4) is 0 Å². The molecule has 0 N–H and O–H groups in total. The summed E-state index contributed by atoms with van der Waals surface area (Å²) in [5, 5.41) is 0. The second-order valence-corrected chi connectivity index (χ2v) is 2.38. The Morgan fingerprint density at radius 3 is 1.86 bits per heavy atom. The van der Waals surface area contributed by atoms with Crippen LogP contribution in [0.1, 0.15) is 29.8 Å². The van der Waals surface area contributed by atoms with Gasteiger partial charge in [-0.15, -0.1) is 0 Å². The molecular formula is C12H20O2. The summed E-state index contributed by atoms with van der Waals surface area (Å²) < 4.78 is 4.25. The molecule has 0 saturated carbocycles. The molecule has 0 fully saturated rings. The second kappa shape index (κ2) is 11.8. The highest BCUT2D eigenvalue weighted by molar-refractivity contribution is 5.76. The number of benzene rings is 1. The minimum absolute atomic E-state index is 0.775. The monoisotopic (exact) mass is 196 g/mol. The Kier molecular flexibility index (Phi) is 13.0. The fraction of sp³-hybridized carbons (Fsp3) is 0.417. The summed E-state index contributed by atoms with van der Waals surface area (Å²) in [7, 11) is 3.25. The van der Waals surface area contributed by atoms with Gasteiger partial charge in [0.2, 0.25) is 0 Å². The zero-order valence-electron chi connectivity index (χ0n) is 9.70. The van der Waals surface area contributed by atoms with E-state index >= 15 is 0 Å². The van der Waals surface area contributed by atoms with Crippen molar-refractivity contribution in [3.05, 3.63) is 35.4 Å². The molecule has 0 aliphatic heterocycles. The normalized spacial score (nSPS) is 7.50. The first-order valence-electron chi connectivity index (χ1n) is 4.67. The van der Waals surface area contributed by atoms with Crippen molar-refractivity contribution < 1.29 is 9.53 Å². The van der Waals surface area contributed by atoms with Crippen LogP contribution in [0.4, 0.5) is 0 Å². The van der Waals surface area contributed by atoms with Gasteiger partial charge in [-0.1, -0.05) is 38.1 Å². The molecule has 0 aromatic heterocycles. The first-order valence-corrected chi connectivity index (χ1v) is 4.67. The molecular weight excluding hydrogens is 176 g/mol. The minimum Gasteiger partial charge on any atom is -0.388 e. The summed E-state index contributed by atoms with van der Waals surface area (Å²) in [4.78, 5) is 10.2. The predicted molar refractivity (Wildman–Crippen MR) is 60.8 cm³/mol. The minimum atomic E-state index is 0.775. The van der Waals surface area contributed by atoms with Crippen LogP contribution in [-0.2, 0) is 4.74 Å². The Balaban J connectivity index is 0. The van der Waals surface area contributed by atoms with Crippen molar-refractivity contribution in [3.8, 4) is 0 Å². The maximum absolute atomic E-state index is 10.2. The van der Waals surface area contributed by atoms with Crippen molar-refractivity contribution in [1.82, 2.24) is 0 Å². The lowest BCUT2D eigenvalue weighted by Gasteiger charge is -1.92. The zero-order valence-corrected chi connectivity index (χ0v) is 9.70. The van der Waals surface area contributed by atoms with E-state index < -0.39 is 0 Å². The summed E-state index contributed by atoms with van der Waals surface area (Å²) >= 11 is 0. The average Bonchev–Trinajstić information content (AvgIpc) is 2.23. The van der Waals surface area contributed by atoms with Crippen molar-refractivity contribution in [2.45, 2.75) is 20.8 Å². The van der Waals surface area contributed by atoms with Crippen LogP contribution in [0.2, 0.25) is 0 Å². The van der Waals surface area contributed by atoms with Crippen LogP contribution in [0.15, 0.2) is 24.3 Å². The molecule has 0 aliphatic carbocycles. The quantitative estimate of drug-likeness (QED) is 0.645. The molecule has 80 valence electrons. The molecule has 14 heavy (non-hydrogen) atoms. The number of ether oxygens (including phenoxy) is 1. The van der Waals surface area contributed by atoms with E-state index in [1.807, 2.05) is 45.0 Å². The highest BCUT2D eigenvalue weighted by Crippen LogP contribution is 2.02. The maximum atomic E-state index is 10.2. The van der Waals surface area contributed by atoms with Crippen molar-refractivity contribution in [3.63, 3.8) is 0 Å². The summed E-state index contributed by atoms with van der Waals surface area (Å²) in [5.41, 5.74) is 1.81. The van der Waals surface area contributed by atoms with Crippen molar-refractivity contribution in [1.29, 1.82) is 0 Å². The lowest BCUT2D eigenvalue weighted by Crippen LogP contribution is -1.82. The third-order valence-corrected chi connectivity index (χ3v) is 1.32. The van der Waals surface area contributed by atoms with E-state index in [4.69, 9.17) is 0 Å². The lowest BCUT2D eigenvalue weighted by atomic mass is 10.1. The van der Waals surface area contributed by atoms with Gasteiger partial charge >= 0.3 is 0 Å². The number of rotatable bonds is 1. The Morgan fingerprint density at radius 1 is 1.14 bits per heavy atom. The van der Waals surface area contributed by atoms with Crippen LogP contribution in [0.5, 0.6) is 0 Å². The van der Waals surface area contributed by atoms with Crippen LogP contribution in [0, 0.1) is 6.92 Å². The smallest absolute Gasteiger partial charge is 0.150 e. The Hall–Kier alpha value is -1.15. The van der Waals surface area contributed by atoms with Crippen LogP contribution < -0.4 is 0 Å². The number of hydrogen-bond donors (Lipinski definition) is 0. The molecule has 2 heteroatoms. The number of methoxy groups -OCH3 is 1. The van der Waals surface area contributed by atoms with E-state index in [1.165, 1.54) is 0 Å². The molecule has 0 unspecified atom stereocenters. The van der Waals surface area contributed by atoms with Gasteiger partial charge in [0, 0.05) is 19.8 Å². The van der Waals surface area contributed by atoms with E-state index in [1.54, 1.807) is 14.2 Å². The van der Waals surface area contributed by atoms with Gasteiger partial charge in [0.05, 0.1) is 0 Å². The third-order valence-electron chi connectivity index (χ3n) is 1.32. The maximum Gasteiger partial charge on any atom is 0.150 e.